The monoisotopic (exact) mass is 523 g/mol. The molecule has 2 aromatic carbocycles. The lowest BCUT2D eigenvalue weighted by molar-refractivity contribution is 0.589. The van der Waals surface area contributed by atoms with Crippen LogP contribution in [0.4, 0.5) is 5.69 Å². The average molecular weight is 524 g/mol. The molecule has 1 aliphatic rings. The van der Waals surface area contributed by atoms with Crippen LogP contribution in [0.25, 0.3) is 33.3 Å². The highest BCUT2D eigenvalue weighted by molar-refractivity contribution is 5.97. The van der Waals surface area contributed by atoms with Gasteiger partial charge in [0.2, 0.25) is 0 Å². The topological polar surface area (TPSA) is 85.6 Å². The number of aromatic amines is 1. The molecule has 192 valence electrons. The first-order chi connectivity index (χ1) is 18.1. The van der Waals surface area contributed by atoms with Crippen molar-refractivity contribution in [3.05, 3.63) is 89.5 Å². The van der Waals surface area contributed by atoms with Crippen molar-refractivity contribution in [2.24, 2.45) is 0 Å². The van der Waals surface area contributed by atoms with E-state index in [9.17, 15) is 5.26 Å². The summed E-state index contributed by atoms with van der Waals surface area (Å²) in [6, 6.07) is 20.9. The highest BCUT2D eigenvalue weighted by Crippen LogP contribution is 2.35. The number of benzene rings is 2. The number of aromatic nitrogens is 4. The smallest absolute Gasteiger partial charge is 0.137 e. The van der Waals surface area contributed by atoms with Gasteiger partial charge in [-0.15, -0.1) is 12.4 Å². The Labute approximate surface area is 228 Å². The van der Waals surface area contributed by atoms with Crippen LogP contribution in [0.3, 0.4) is 0 Å². The lowest BCUT2D eigenvalue weighted by Gasteiger charge is -2.29. The van der Waals surface area contributed by atoms with E-state index in [2.05, 4.69) is 65.4 Å². The zero-order chi connectivity index (χ0) is 25.4. The van der Waals surface area contributed by atoms with E-state index in [1.807, 2.05) is 41.3 Å². The number of anilines is 1. The predicted octanol–water partition coefficient (Wildman–Crippen LogP) is 5.46. The van der Waals surface area contributed by atoms with Gasteiger partial charge in [-0.1, -0.05) is 24.3 Å². The number of pyridine rings is 1. The number of H-pyrrole nitrogens is 1. The summed E-state index contributed by atoms with van der Waals surface area (Å²) in [6.45, 7) is 8.91. The summed E-state index contributed by atoms with van der Waals surface area (Å²) in [5, 5.41) is 18.6. The number of nitriles is 1. The molecule has 3 aromatic heterocycles. The maximum absolute atomic E-state index is 9.25. The van der Waals surface area contributed by atoms with E-state index in [1.54, 1.807) is 0 Å². The molecule has 0 radical (unpaired) electrons. The Kier molecular flexibility index (Phi) is 7.19. The van der Waals surface area contributed by atoms with Crippen molar-refractivity contribution in [2.75, 3.05) is 31.1 Å². The Hall–Kier alpha value is -4.12. The van der Waals surface area contributed by atoms with E-state index >= 15 is 0 Å². The van der Waals surface area contributed by atoms with Gasteiger partial charge in [0, 0.05) is 72.0 Å². The van der Waals surface area contributed by atoms with Gasteiger partial charge >= 0.3 is 0 Å². The fourth-order valence-corrected chi connectivity index (χ4v) is 5.31. The first kappa shape index (κ1) is 25.5. The minimum atomic E-state index is 0. The van der Waals surface area contributed by atoms with Gasteiger partial charge in [0.15, 0.2) is 0 Å². The Balaban J connectivity index is 0.00000294. The van der Waals surface area contributed by atoms with E-state index in [1.165, 1.54) is 5.69 Å². The van der Waals surface area contributed by atoms with Crippen LogP contribution in [0.1, 0.15) is 22.5 Å². The third-order valence-electron chi connectivity index (χ3n) is 7.25. The molecule has 0 saturated carbocycles. The highest BCUT2D eigenvalue weighted by atomic mass is 35.5. The number of nitrogens with zero attached hydrogens (tertiary/aromatic N) is 5. The van der Waals surface area contributed by atoms with Crippen LogP contribution in [0.15, 0.2) is 67.0 Å². The zero-order valence-corrected chi connectivity index (χ0v) is 22.3. The summed E-state index contributed by atoms with van der Waals surface area (Å²) in [6.07, 6.45) is 3.97. The van der Waals surface area contributed by atoms with Crippen LogP contribution in [0.5, 0.6) is 0 Å². The molecule has 1 aliphatic heterocycles. The van der Waals surface area contributed by atoms with Crippen molar-refractivity contribution < 1.29 is 0 Å². The van der Waals surface area contributed by atoms with Gasteiger partial charge in [-0.3, -0.25) is 4.68 Å². The normalized spacial score (nSPS) is 13.3. The van der Waals surface area contributed by atoms with Crippen molar-refractivity contribution in [2.45, 2.75) is 20.4 Å². The van der Waals surface area contributed by atoms with Crippen LogP contribution in [-0.2, 0) is 6.54 Å². The van der Waals surface area contributed by atoms with Gasteiger partial charge in [0.05, 0.1) is 23.9 Å². The maximum atomic E-state index is 9.25. The average Bonchev–Trinajstić information content (AvgIpc) is 3.48. The Morgan fingerprint density at radius 1 is 1.00 bits per heavy atom. The number of hydrogen-bond acceptors (Lipinski definition) is 5. The summed E-state index contributed by atoms with van der Waals surface area (Å²) in [5.74, 6) is 0. The van der Waals surface area contributed by atoms with Gasteiger partial charge in [0.1, 0.15) is 5.65 Å². The molecule has 38 heavy (non-hydrogen) atoms. The van der Waals surface area contributed by atoms with Crippen LogP contribution in [-0.4, -0.2) is 45.9 Å². The van der Waals surface area contributed by atoms with Crippen molar-refractivity contribution in [3.63, 3.8) is 0 Å². The number of piperazine rings is 1. The molecule has 1 saturated heterocycles. The van der Waals surface area contributed by atoms with Gasteiger partial charge < -0.3 is 15.2 Å². The fourth-order valence-electron chi connectivity index (χ4n) is 5.31. The van der Waals surface area contributed by atoms with E-state index in [0.29, 0.717) is 12.1 Å². The molecule has 7 nitrogen and oxygen atoms in total. The second-order valence-electron chi connectivity index (χ2n) is 9.62. The number of fused-ring (bicyclic) bond motifs is 1. The molecule has 4 heterocycles. The molecule has 0 atom stereocenters. The summed E-state index contributed by atoms with van der Waals surface area (Å²) in [5.41, 5.74) is 10.4. The van der Waals surface area contributed by atoms with Gasteiger partial charge in [-0.05, 0) is 55.3 Å². The Bertz CT molecular complexity index is 1620. The van der Waals surface area contributed by atoms with Crippen molar-refractivity contribution >= 4 is 29.1 Å². The van der Waals surface area contributed by atoms with E-state index in [0.717, 1.165) is 76.4 Å². The van der Waals surface area contributed by atoms with Gasteiger partial charge in [-0.2, -0.15) is 10.4 Å². The second kappa shape index (κ2) is 10.7. The van der Waals surface area contributed by atoms with E-state index in [-0.39, 0.29) is 12.4 Å². The molecule has 0 spiro atoms. The van der Waals surface area contributed by atoms with Crippen LogP contribution >= 0.6 is 12.4 Å². The Morgan fingerprint density at radius 3 is 2.55 bits per heavy atom. The van der Waals surface area contributed by atoms with Crippen molar-refractivity contribution in [1.29, 1.82) is 5.26 Å². The summed E-state index contributed by atoms with van der Waals surface area (Å²) in [4.78, 5) is 10.5. The van der Waals surface area contributed by atoms with Crippen molar-refractivity contribution in [1.82, 2.24) is 25.1 Å². The summed E-state index contributed by atoms with van der Waals surface area (Å²) in [7, 11) is 0. The zero-order valence-electron chi connectivity index (χ0n) is 21.5. The van der Waals surface area contributed by atoms with E-state index < -0.39 is 0 Å². The summed E-state index contributed by atoms with van der Waals surface area (Å²) < 4.78 is 2.02. The molecular formula is C30H30ClN7. The lowest BCUT2D eigenvalue weighted by Crippen LogP contribution is -2.43. The predicted molar refractivity (Wildman–Crippen MR) is 155 cm³/mol. The number of rotatable bonds is 5. The van der Waals surface area contributed by atoms with Gasteiger partial charge in [-0.25, -0.2) is 4.98 Å². The fraction of sp³-hybridized carbons (Fsp3) is 0.233. The first-order valence-electron chi connectivity index (χ1n) is 12.7. The van der Waals surface area contributed by atoms with Crippen molar-refractivity contribution in [3.8, 4) is 28.3 Å². The highest BCUT2D eigenvalue weighted by Gasteiger charge is 2.18. The number of hydrogen-bond donors (Lipinski definition) is 2. The molecule has 1 fully saturated rings. The largest absolute Gasteiger partial charge is 0.369 e. The molecule has 0 amide bonds. The quantitative estimate of drug-likeness (QED) is 0.319. The molecule has 0 aliphatic carbocycles. The maximum Gasteiger partial charge on any atom is 0.137 e. The number of nitrogens with one attached hydrogen (secondary N) is 2. The molecular weight excluding hydrogens is 494 g/mol. The SMILES string of the molecule is Cc1nn(Cc2cccc(C#N)c2)c(C)c1-c1c[nH]c2ncc(-c3ccc(N4CCNCC4)cc3)cc12.Cl. The minimum absolute atomic E-state index is 0. The van der Waals surface area contributed by atoms with Crippen LogP contribution < -0.4 is 10.2 Å². The molecule has 2 N–H and O–H groups in total. The van der Waals surface area contributed by atoms with Crippen LogP contribution in [0, 0.1) is 25.2 Å². The third kappa shape index (κ3) is 4.76. The number of aryl methyl sites for hydroxylation is 1. The number of halogens is 1. The molecule has 5 aromatic rings. The first-order valence-corrected chi connectivity index (χ1v) is 12.7. The lowest BCUT2D eigenvalue weighted by atomic mass is 10.0. The van der Waals surface area contributed by atoms with Crippen LogP contribution in [0.2, 0.25) is 0 Å². The standard InChI is InChI=1S/C30H29N7.ClH/c1-20-29(21(2)37(35-20)19-23-5-3-4-22(14-23)16-31)28-18-34-30-27(28)15-25(17-33-30)24-6-8-26(9-7-24)36-12-10-32-11-13-36;/h3-9,14-15,17-18,32H,10-13,19H2,1-2H3,(H,33,34);1H. The third-order valence-corrected chi connectivity index (χ3v) is 7.25. The molecule has 0 bridgehead atoms. The minimum Gasteiger partial charge on any atom is -0.369 e. The Morgan fingerprint density at radius 2 is 1.79 bits per heavy atom. The van der Waals surface area contributed by atoms with Gasteiger partial charge in [0.25, 0.3) is 0 Å². The van der Waals surface area contributed by atoms with E-state index in [4.69, 9.17) is 10.1 Å². The summed E-state index contributed by atoms with van der Waals surface area (Å²) >= 11 is 0. The molecule has 0 unspecified atom stereocenters. The molecule has 6 rings (SSSR count). The molecule has 8 heteroatoms. The second-order valence-corrected chi connectivity index (χ2v) is 9.62.